The topological polar surface area (TPSA) is 41.6 Å². The monoisotopic (exact) mass is 285 g/mol. The van der Waals surface area contributed by atoms with Crippen molar-refractivity contribution in [3.05, 3.63) is 52.8 Å². The first-order valence-corrected chi connectivity index (χ1v) is 6.30. The second-order valence-electron chi connectivity index (χ2n) is 4.43. The van der Waals surface area contributed by atoms with E-state index in [1.807, 2.05) is 11.6 Å². The van der Waals surface area contributed by atoms with Crippen LogP contribution in [-0.4, -0.2) is 9.55 Å². The Balaban J connectivity index is 2.27. The molecule has 2 aromatic carbocycles. The number of aromatic nitrogens is 2. The van der Waals surface area contributed by atoms with E-state index in [9.17, 15) is 4.39 Å². The lowest BCUT2D eigenvalue weighted by atomic mass is 10.2. The predicted molar refractivity (Wildman–Crippen MR) is 75.8 cm³/mol. The van der Waals surface area contributed by atoms with Gasteiger partial charge in [0.05, 0.1) is 27.7 Å². The molecule has 0 aliphatic rings. The van der Waals surface area contributed by atoms with Crippen molar-refractivity contribution in [3.63, 3.8) is 0 Å². The highest BCUT2D eigenvalue weighted by molar-refractivity contribution is 6.33. The third-order valence-corrected chi connectivity index (χ3v) is 3.49. The van der Waals surface area contributed by atoms with E-state index < -0.39 is 0 Å². The van der Waals surface area contributed by atoms with Crippen molar-refractivity contribution >= 4 is 22.6 Å². The maximum Gasteiger partial charge on any atom is 0.142 e. The van der Waals surface area contributed by atoms with Crippen LogP contribution < -0.4 is 0 Å². The molecule has 0 fully saturated rings. The van der Waals surface area contributed by atoms with E-state index >= 15 is 0 Å². The van der Waals surface area contributed by atoms with Crippen molar-refractivity contribution in [2.75, 3.05) is 0 Å². The molecule has 1 aromatic heterocycles. The van der Waals surface area contributed by atoms with Crippen LogP contribution in [0, 0.1) is 17.1 Å². The first-order valence-electron chi connectivity index (χ1n) is 5.92. The number of nitriles is 1. The predicted octanol–water partition coefficient (Wildman–Crippen LogP) is 3.90. The Morgan fingerprint density at radius 1 is 1.25 bits per heavy atom. The fourth-order valence-corrected chi connectivity index (χ4v) is 2.42. The standard InChI is InChI=1S/C15H9ClFN3/c1-20-14-6-9(8-18)2-5-13(14)19-15(20)11-4-3-10(17)7-12(11)16/h2-7H,1H3. The molecule has 0 aliphatic carbocycles. The molecule has 0 unspecified atom stereocenters. The van der Waals surface area contributed by atoms with Gasteiger partial charge in [0.25, 0.3) is 0 Å². The first kappa shape index (κ1) is 12.6. The van der Waals surface area contributed by atoms with Crippen molar-refractivity contribution < 1.29 is 4.39 Å². The molecule has 3 rings (SSSR count). The van der Waals surface area contributed by atoms with E-state index in [1.165, 1.54) is 12.1 Å². The van der Waals surface area contributed by atoms with Crippen molar-refractivity contribution in [3.8, 4) is 17.5 Å². The highest BCUT2D eigenvalue weighted by Crippen LogP contribution is 2.30. The van der Waals surface area contributed by atoms with Crippen LogP contribution in [0.5, 0.6) is 0 Å². The van der Waals surface area contributed by atoms with Gasteiger partial charge in [-0.2, -0.15) is 5.26 Å². The molecular weight excluding hydrogens is 277 g/mol. The summed E-state index contributed by atoms with van der Waals surface area (Å²) in [4.78, 5) is 4.50. The fourth-order valence-electron chi connectivity index (χ4n) is 2.17. The number of fused-ring (bicyclic) bond motifs is 1. The number of nitrogens with zero attached hydrogens (tertiary/aromatic N) is 3. The van der Waals surface area contributed by atoms with Gasteiger partial charge in [-0.1, -0.05) is 11.6 Å². The Morgan fingerprint density at radius 3 is 2.75 bits per heavy atom. The number of hydrogen-bond donors (Lipinski definition) is 0. The highest BCUT2D eigenvalue weighted by Gasteiger charge is 2.13. The van der Waals surface area contributed by atoms with E-state index in [2.05, 4.69) is 11.1 Å². The minimum atomic E-state index is -0.385. The van der Waals surface area contributed by atoms with Crippen LogP contribution in [0.25, 0.3) is 22.4 Å². The third kappa shape index (κ3) is 1.93. The average Bonchev–Trinajstić information content (AvgIpc) is 2.76. The van der Waals surface area contributed by atoms with Gasteiger partial charge in [-0.25, -0.2) is 9.37 Å². The maximum atomic E-state index is 13.1. The van der Waals surface area contributed by atoms with E-state index in [0.29, 0.717) is 22.0 Å². The summed E-state index contributed by atoms with van der Waals surface area (Å²) in [5.41, 5.74) is 2.82. The molecule has 0 spiro atoms. The largest absolute Gasteiger partial charge is 0.327 e. The van der Waals surface area contributed by atoms with Gasteiger partial charge in [0.1, 0.15) is 11.6 Å². The van der Waals surface area contributed by atoms with Gasteiger partial charge in [-0.05, 0) is 36.4 Å². The van der Waals surface area contributed by atoms with Crippen LogP contribution in [0.1, 0.15) is 5.56 Å². The summed E-state index contributed by atoms with van der Waals surface area (Å²) in [7, 11) is 1.84. The molecule has 5 heteroatoms. The zero-order chi connectivity index (χ0) is 14.3. The van der Waals surface area contributed by atoms with E-state index in [1.54, 1.807) is 24.3 Å². The summed E-state index contributed by atoms with van der Waals surface area (Å²) in [6, 6.07) is 11.6. The molecular formula is C15H9ClFN3. The molecule has 0 aliphatic heterocycles. The van der Waals surface area contributed by atoms with Gasteiger partial charge >= 0.3 is 0 Å². The maximum absolute atomic E-state index is 13.1. The van der Waals surface area contributed by atoms with Crippen LogP contribution in [-0.2, 0) is 7.05 Å². The second-order valence-corrected chi connectivity index (χ2v) is 4.84. The van der Waals surface area contributed by atoms with Crippen LogP contribution >= 0.6 is 11.6 Å². The summed E-state index contributed by atoms with van der Waals surface area (Å²) in [6.07, 6.45) is 0. The second kappa shape index (κ2) is 4.62. The quantitative estimate of drug-likeness (QED) is 0.680. The molecule has 0 saturated carbocycles. The molecule has 0 atom stereocenters. The summed E-state index contributed by atoms with van der Waals surface area (Å²) in [5.74, 6) is 0.254. The molecule has 0 amide bonds. The molecule has 0 saturated heterocycles. The lowest BCUT2D eigenvalue weighted by Crippen LogP contribution is -1.93. The van der Waals surface area contributed by atoms with Crippen molar-refractivity contribution in [2.45, 2.75) is 0 Å². The minimum Gasteiger partial charge on any atom is -0.327 e. The zero-order valence-electron chi connectivity index (χ0n) is 10.6. The van der Waals surface area contributed by atoms with Gasteiger partial charge in [-0.15, -0.1) is 0 Å². The third-order valence-electron chi connectivity index (χ3n) is 3.18. The molecule has 0 N–H and O–H groups in total. The number of imidazole rings is 1. The zero-order valence-corrected chi connectivity index (χ0v) is 11.3. The van der Waals surface area contributed by atoms with Gasteiger partial charge < -0.3 is 4.57 Å². The van der Waals surface area contributed by atoms with Crippen LogP contribution in [0.3, 0.4) is 0 Å². The van der Waals surface area contributed by atoms with Gasteiger partial charge in [0, 0.05) is 12.6 Å². The van der Waals surface area contributed by atoms with E-state index in [0.717, 1.165) is 11.0 Å². The van der Waals surface area contributed by atoms with E-state index in [-0.39, 0.29) is 5.82 Å². The Bertz CT molecular complexity index is 861. The Kier molecular flexibility index (Phi) is 2.92. The number of benzene rings is 2. The Morgan fingerprint density at radius 2 is 2.05 bits per heavy atom. The molecule has 98 valence electrons. The Hall–Kier alpha value is -2.38. The Labute approximate surface area is 119 Å². The smallest absolute Gasteiger partial charge is 0.142 e. The molecule has 0 bridgehead atoms. The first-order chi connectivity index (χ1) is 9.60. The lowest BCUT2D eigenvalue weighted by Gasteiger charge is -2.04. The number of hydrogen-bond acceptors (Lipinski definition) is 2. The van der Waals surface area contributed by atoms with Crippen molar-refractivity contribution in [1.82, 2.24) is 9.55 Å². The molecule has 1 heterocycles. The highest BCUT2D eigenvalue weighted by atomic mass is 35.5. The van der Waals surface area contributed by atoms with Crippen molar-refractivity contribution in [1.29, 1.82) is 5.26 Å². The SMILES string of the molecule is Cn1c(-c2ccc(F)cc2Cl)nc2ccc(C#N)cc21. The van der Waals surface area contributed by atoms with Crippen LogP contribution in [0.2, 0.25) is 5.02 Å². The molecule has 20 heavy (non-hydrogen) atoms. The van der Waals surface area contributed by atoms with E-state index in [4.69, 9.17) is 16.9 Å². The summed E-state index contributed by atoms with van der Waals surface area (Å²) < 4.78 is 15.0. The van der Waals surface area contributed by atoms with Gasteiger partial charge in [0.2, 0.25) is 0 Å². The molecule has 3 nitrogen and oxygen atoms in total. The minimum absolute atomic E-state index is 0.309. The van der Waals surface area contributed by atoms with Gasteiger partial charge in [-0.3, -0.25) is 0 Å². The number of halogens is 2. The number of aryl methyl sites for hydroxylation is 1. The average molecular weight is 286 g/mol. The normalized spacial score (nSPS) is 10.7. The molecule has 0 radical (unpaired) electrons. The summed E-state index contributed by atoms with van der Waals surface area (Å²) in [5, 5.41) is 9.25. The van der Waals surface area contributed by atoms with Gasteiger partial charge in [0.15, 0.2) is 0 Å². The summed E-state index contributed by atoms with van der Waals surface area (Å²) in [6.45, 7) is 0. The number of rotatable bonds is 1. The summed E-state index contributed by atoms with van der Waals surface area (Å²) >= 11 is 6.08. The van der Waals surface area contributed by atoms with Crippen molar-refractivity contribution in [2.24, 2.45) is 7.05 Å². The fraction of sp³-hybridized carbons (Fsp3) is 0.0667. The lowest BCUT2D eigenvalue weighted by molar-refractivity contribution is 0.628. The van der Waals surface area contributed by atoms with Crippen LogP contribution in [0.15, 0.2) is 36.4 Å². The van der Waals surface area contributed by atoms with Crippen LogP contribution in [0.4, 0.5) is 4.39 Å². The molecule has 3 aromatic rings.